The van der Waals surface area contributed by atoms with Crippen LogP contribution in [0.3, 0.4) is 0 Å². The number of amides is 2. The topological polar surface area (TPSA) is 117 Å². The number of hydrogen-bond donors (Lipinski definition) is 1. The summed E-state index contributed by atoms with van der Waals surface area (Å²) in [4.78, 5) is 54.7. The zero-order chi connectivity index (χ0) is 36.2. The van der Waals surface area contributed by atoms with E-state index in [1.165, 1.54) is 7.11 Å². The number of likely N-dealkylation sites (tertiary alicyclic amines) is 2. The van der Waals surface area contributed by atoms with Crippen molar-refractivity contribution in [3.8, 4) is 23.7 Å². The molecule has 2 amide bonds. The molecule has 1 aromatic heterocycles. The molecule has 3 aliphatic heterocycles. The molecule has 50 heavy (non-hydrogen) atoms. The number of imidazole rings is 1. The van der Waals surface area contributed by atoms with Gasteiger partial charge < -0.3 is 19.4 Å². The lowest BCUT2D eigenvalue weighted by Gasteiger charge is -2.30. The highest BCUT2D eigenvalue weighted by atomic mass is 16.6. The summed E-state index contributed by atoms with van der Waals surface area (Å²) in [5, 5.41) is 0. The Morgan fingerprint density at radius 3 is 2.18 bits per heavy atom. The summed E-state index contributed by atoms with van der Waals surface area (Å²) in [5.41, 5.74) is 3.67. The zero-order valence-electron chi connectivity index (χ0n) is 30.5. The van der Waals surface area contributed by atoms with Crippen LogP contribution in [-0.4, -0.2) is 75.3 Å². The smallest absolute Gasteiger partial charge is 0.410 e. The van der Waals surface area contributed by atoms with E-state index < -0.39 is 11.5 Å². The van der Waals surface area contributed by atoms with Crippen LogP contribution in [0.25, 0.3) is 0 Å². The number of H-pyrrole nitrogens is 1. The Balaban J connectivity index is 1.18. The molecule has 1 N–H and O–H groups in total. The van der Waals surface area contributed by atoms with Crippen molar-refractivity contribution < 1.29 is 23.9 Å². The van der Waals surface area contributed by atoms with Gasteiger partial charge in [0, 0.05) is 48.1 Å². The lowest BCUT2D eigenvalue weighted by atomic mass is 9.90. The molecule has 2 aromatic rings. The molecule has 0 spiro atoms. The number of nitrogens with zero attached hydrogens (tertiary/aromatic N) is 4. The molecule has 0 saturated carbocycles. The van der Waals surface area contributed by atoms with Crippen molar-refractivity contribution in [2.24, 2.45) is 28.7 Å². The van der Waals surface area contributed by atoms with E-state index >= 15 is 0 Å². The van der Waals surface area contributed by atoms with Gasteiger partial charge in [-0.05, 0) is 81.6 Å². The highest BCUT2D eigenvalue weighted by Gasteiger charge is 2.41. The number of benzene rings is 1. The quantitative estimate of drug-likeness (QED) is 0.284. The van der Waals surface area contributed by atoms with Gasteiger partial charge in [-0.1, -0.05) is 45.5 Å². The predicted octanol–water partition coefficient (Wildman–Crippen LogP) is 6.28. The van der Waals surface area contributed by atoms with Crippen molar-refractivity contribution in [3.63, 3.8) is 0 Å². The van der Waals surface area contributed by atoms with E-state index in [1.54, 1.807) is 17.3 Å². The Labute approximate surface area is 296 Å². The minimum atomic E-state index is -0.563. The van der Waals surface area contributed by atoms with Crippen molar-refractivity contribution in [1.82, 2.24) is 19.8 Å². The summed E-state index contributed by atoms with van der Waals surface area (Å²) in [5.74, 6) is 13.4. The van der Waals surface area contributed by atoms with Gasteiger partial charge in [-0.25, -0.2) is 9.78 Å². The number of allylic oxidation sites excluding steroid dienone is 1. The second-order valence-corrected chi connectivity index (χ2v) is 15.2. The number of carbonyl (C=O) groups excluding carboxylic acids is 3. The third-order valence-electron chi connectivity index (χ3n) is 9.32. The number of aromatic amines is 1. The largest absolute Gasteiger partial charge is 0.469 e. The van der Waals surface area contributed by atoms with Crippen LogP contribution < -0.4 is 0 Å². The molecule has 2 saturated heterocycles. The first kappa shape index (κ1) is 36.5. The third kappa shape index (κ3) is 9.04. The van der Waals surface area contributed by atoms with Crippen LogP contribution in [-0.2, 0) is 19.1 Å². The Hall–Kier alpha value is -4.83. The van der Waals surface area contributed by atoms with Gasteiger partial charge in [-0.3, -0.25) is 19.5 Å². The molecule has 0 bridgehead atoms. The van der Waals surface area contributed by atoms with E-state index in [9.17, 15) is 14.4 Å². The van der Waals surface area contributed by atoms with Gasteiger partial charge in [-0.15, -0.1) is 0 Å². The monoisotopic (exact) mass is 679 g/mol. The van der Waals surface area contributed by atoms with Crippen LogP contribution >= 0.6 is 0 Å². The SMILES string of the molecule is COC(=O)C[C@H](C(=O)N1C[C@@H](C)C[C@H]1C1=NC=C(C#Cc2ccc(C#Cc3cnc([C@@H]4C[C@H](C)CN4C(=O)OC(C)(C)C)[nH]3)cc2)C1)C(C)C. The van der Waals surface area contributed by atoms with Crippen LogP contribution in [0.5, 0.6) is 0 Å². The number of ether oxygens (including phenoxy) is 2. The highest BCUT2D eigenvalue weighted by Crippen LogP contribution is 2.35. The maximum absolute atomic E-state index is 13.6. The van der Waals surface area contributed by atoms with Crippen LogP contribution in [0.1, 0.15) is 103 Å². The normalized spacial score (nSPS) is 22.3. The van der Waals surface area contributed by atoms with Gasteiger partial charge in [0.25, 0.3) is 0 Å². The fraction of sp³-hybridized carbons (Fsp3) is 0.525. The molecule has 0 unspecified atom stereocenters. The zero-order valence-corrected chi connectivity index (χ0v) is 30.5. The Morgan fingerprint density at radius 2 is 1.56 bits per heavy atom. The average Bonchev–Trinajstić information content (AvgIpc) is 3.87. The van der Waals surface area contributed by atoms with Crippen molar-refractivity contribution in [1.29, 1.82) is 0 Å². The number of methoxy groups -OCH3 is 1. The molecule has 10 heteroatoms. The second-order valence-electron chi connectivity index (χ2n) is 15.2. The maximum Gasteiger partial charge on any atom is 0.410 e. The molecule has 5 atom stereocenters. The van der Waals surface area contributed by atoms with Crippen molar-refractivity contribution in [2.45, 2.75) is 91.8 Å². The summed E-state index contributed by atoms with van der Waals surface area (Å²) < 4.78 is 10.5. The van der Waals surface area contributed by atoms with E-state index in [0.717, 1.165) is 35.3 Å². The lowest BCUT2D eigenvalue weighted by molar-refractivity contribution is -0.148. The van der Waals surface area contributed by atoms with Crippen LogP contribution in [0.15, 0.2) is 47.2 Å². The Morgan fingerprint density at radius 1 is 0.940 bits per heavy atom. The minimum absolute atomic E-state index is 0.00793. The molecule has 2 fully saturated rings. The van der Waals surface area contributed by atoms with Gasteiger partial charge in [-0.2, -0.15) is 0 Å². The molecule has 4 heterocycles. The van der Waals surface area contributed by atoms with Gasteiger partial charge in [0.2, 0.25) is 5.91 Å². The Kier molecular flexibility index (Phi) is 11.2. The number of rotatable bonds is 6. The van der Waals surface area contributed by atoms with Crippen molar-refractivity contribution >= 4 is 23.7 Å². The van der Waals surface area contributed by atoms with Crippen molar-refractivity contribution in [2.75, 3.05) is 20.2 Å². The number of hydrogen-bond acceptors (Lipinski definition) is 7. The summed E-state index contributed by atoms with van der Waals surface area (Å²) >= 11 is 0. The first-order chi connectivity index (χ1) is 23.7. The molecule has 264 valence electrons. The first-order valence-corrected chi connectivity index (χ1v) is 17.5. The molecule has 0 radical (unpaired) electrons. The van der Waals surface area contributed by atoms with Gasteiger partial charge in [0.15, 0.2) is 0 Å². The molecule has 0 aliphatic carbocycles. The summed E-state index contributed by atoms with van der Waals surface area (Å²) in [6.07, 6.45) is 5.51. The molecule has 10 nitrogen and oxygen atoms in total. The molecule has 5 rings (SSSR count). The first-order valence-electron chi connectivity index (χ1n) is 17.5. The van der Waals surface area contributed by atoms with Gasteiger partial charge in [0.1, 0.15) is 17.1 Å². The molecular weight excluding hydrogens is 630 g/mol. The van der Waals surface area contributed by atoms with Crippen LogP contribution in [0.4, 0.5) is 4.79 Å². The fourth-order valence-electron chi connectivity index (χ4n) is 6.74. The minimum Gasteiger partial charge on any atom is -0.469 e. The van der Waals surface area contributed by atoms with E-state index in [-0.39, 0.29) is 42.4 Å². The fourth-order valence-corrected chi connectivity index (χ4v) is 6.74. The van der Waals surface area contributed by atoms with Gasteiger partial charge >= 0.3 is 12.1 Å². The highest BCUT2D eigenvalue weighted by molar-refractivity contribution is 5.98. The number of carbonyl (C=O) groups is 3. The summed E-state index contributed by atoms with van der Waals surface area (Å²) in [6, 6.07) is 7.48. The number of aliphatic imine (C=N–C) groups is 1. The van der Waals surface area contributed by atoms with Gasteiger partial charge in [0.05, 0.1) is 37.7 Å². The maximum atomic E-state index is 13.6. The van der Waals surface area contributed by atoms with E-state index in [1.807, 2.05) is 63.8 Å². The lowest BCUT2D eigenvalue weighted by Crippen LogP contribution is -2.45. The molecule has 1 aromatic carbocycles. The number of esters is 1. The average molecular weight is 680 g/mol. The second kappa shape index (κ2) is 15.4. The standard InChI is InChI=1S/C40H49N5O5/c1-25(2)32(20-36(46)49-8)38(47)44-23-26(3)17-34(44)33-19-30(21-41-33)14-13-28-9-11-29(12-10-28)15-16-31-22-42-37(43-31)35-18-27(4)24-45(35)39(48)50-40(5,6)7/h9-12,21-22,25-27,32,34-35H,17-20,23-24H2,1-8H3,(H,42,43)/t26-,27-,32-,34-,35-/m0/s1. The molecular formula is C40H49N5O5. The molecule has 3 aliphatic rings. The van der Waals surface area contributed by atoms with Crippen LogP contribution in [0, 0.1) is 47.4 Å². The van der Waals surface area contributed by atoms with E-state index in [4.69, 9.17) is 14.5 Å². The van der Waals surface area contributed by atoms with E-state index in [0.29, 0.717) is 42.9 Å². The van der Waals surface area contributed by atoms with Crippen molar-refractivity contribution in [3.05, 3.63) is 64.9 Å². The predicted molar refractivity (Wildman–Crippen MR) is 192 cm³/mol. The number of nitrogens with one attached hydrogen (secondary N) is 1. The number of aromatic nitrogens is 2. The van der Waals surface area contributed by atoms with Crippen LogP contribution in [0.2, 0.25) is 0 Å². The summed E-state index contributed by atoms with van der Waals surface area (Å²) in [7, 11) is 1.36. The Bertz CT molecular complexity index is 1780. The third-order valence-corrected chi connectivity index (χ3v) is 9.32. The summed E-state index contributed by atoms with van der Waals surface area (Å²) in [6.45, 7) is 15.1. The van der Waals surface area contributed by atoms with E-state index in [2.05, 4.69) is 47.5 Å².